The Kier molecular flexibility index (Phi) is 5.09. The summed E-state index contributed by atoms with van der Waals surface area (Å²) >= 11 is 0. The summed E-state index contributed by atoms with van der Waals surface area (Å²) in [6.07, 6.45) is 1.70. The zero-order valence-electron chi connectivity index (χ0n) is 14.2. The summed E-state index contributed by atoms with van der Waals surface area (Å²) < 4.78 is 18.7. The van der Waals surface area contributed by atoms with E-state index in [1.165, 1.54) is 23.3 Å². The molecule has 0 bridgehead atoms. The lowest BCUT2D eigenvalue weighted by Crippen LogP contribution is -1.91. The zero-order chi connectivity index (χ0) is 17.6. The van der Waals surface area contributed by atoms with Crippen molar-refractivity contribution in [2.75, 3.05) is 5.43 Å². The molecule has 0 radical (unpaired) electrons. The Morgan fingerprint density at radius 2 is 1.48 bits per heavy atom. The van der Waals surface area contributed by atoms with Crippen molar-refractivity contribution in [2.24, 2.45) is 5.10 Å². The second kappa shape index (κ2) is 7.62. The maximum absolute atomic E-state index is 12.8. The molecule has 0 unspecified atom stereocenters. The van der Waals surface area contributed by atoms with Crippen molar-refractivity contribution in [1.82, 2.24) is 0 Å². The highest BCUT2D eigenvalue weighted by molar-refractivity contribution is 5.80. The van der Waals surface area contributed by atoms with Crippen LogP contribution in [0.1, 0.15) is 16.7 Å². The molecular formula is C21H19FN2O. The Balaban J connectivity index is 1.61. The van der Waals surface area contributed by atoms with Crippen LogP contribution in [0.5, 0.6) is 11.5 Å². The van der Waals surface area contributed by atoms with Gasteiger partial charge in [0.15, 0.2) is 0 Å². The van der Waals surface area contributed by atoms with Gasteiger partial charge in [-0.1, -0.05) is 6.07 Å². The van der Waals surface area contributed by atoms with Crippen LogP contribution in [-0.2, 0) is 0 Å². The summed E-state index contributed by atoms with van der Waals surface area (Å²) in [6, 6.07) is 19.8. The van der Waals surface area contributed by atoms with Gasteiger partial charge in [-0.3, -0.25) is 5.43 Å². The molecule has 0 aliphatic carbocycles. The number of ether oxygens (including phenoxy) is 1. The van der Waals surface area contributed by atoms with E-state index in [1.54, 1.807) is 18.3 Å². The maximum Gasteiger partial charge on any atom is 0.127 e. The first-order chi connectivity index (χ1) is 12.1. The normalized spacial score (nSPS) is 10.8. The molecule has 3 aromatic carbocycles. The van der Waals surface area contributed by atoms with Crippen LogP contribution in [0.2, 0.25) is 0 Å². The fraction of sp³-hybridized carbons (Fsp3) is 0.0952. The Morgan fingerprint density at radius 3 is 2.12 bits per heavy atom. The number of benzene rings is 3. The first kappa shape index (κ1) is 16.7. The van der Waals surface area contributed by atoms with Crippen molar-refractivity contribution in [3.63, 3.8) is 0 Å². The van der Waals surface area contributed by atoms with Crippen LogP contribution in [0.4, 0.5) is 10.1 Å². The number of hydrogen-bond acceptors (Lipinski definition) is 3. The van der Waals surface area contributed by atoms with E-state index in [9.17, 15) is 4.39 Å². The second-order valence-corrected chi connectivity index (χ2v) is 5.87. The lowest BCUT2D eigenvalue weighted by Gasteiger charge is -2.08. The molecule has 0 aliphatic heterocycles. The van der Waals surface area contributed by atoms with Crippen molar-refractivity contribution < 1.29 is 9.13 Å². The monoisotopic (exact) mass is 334 g/mol. The van der Waals surface area contributed by atoms with E-state index >= 15 is 0 Å². The van der Waals surface area contributed by atoms with Crippen molar-refractivity contribution >= 4 is 11.9 Å². The molecule has 25 heavy (non-hydrogen) atoms. The summed E-state index contributed by atoms with van der Waals surface area (Å²) in [6.45, 7) is 4.10. The van der Waals surface area contributed by atoms with Gasteiger partial charge in [-0.25, -0.2) is 4.39 Å². The summed E-state index contributed by atoms with van der Waals surface area (Å²) in [5.41, 5.74) is 6.86. The van der Waals surface area contributed by atoms with E-state index in [1.807, 2.05) is 50.2 Å². The van der Waals surface area contributed by atoms with Crippen molar-refractivity contribution in [1.29, 1.82) is 0 Å². The third-order valence-corrected chi connectivity index (χ3v) is 3.56. The summed E-state index contributed by atoms with van der Waals surface area (Å²) in [5.74, 6) is 1.33. The highest BCUT2D eigenvalue weighted by atomic mass is 19.1. The highest BCUT2D eigenvalue weighted by Gasteiger charge is 2.00. The Bertz CT molecular complexity index is 851. The molecule has 0 spiro atoms. The largest absolute Gasteiger partial charge is 0.457 e. The number of aryl methyl sites for hydroxylation is 2. The number of halogens is 1. The van der Waals surface area contributed by atoms with E-state index < -0.39 is 0 Å². The molecule has 3 nitrogen and oxygen atoms in total. The Morgan fingerprint density at radius 1 is 0.840 bits per heavy atom. The van der Waals surface area contributed by atoms with E-state index in [0.29, 0.717) is 0 Å². The van der Waals surface area contributed by atoms with Crippen LogP contribution in [0.15, 0.2) is 71.8 Å². The van der Waals surface area contributed by atoms with E-state index in [-0.39, 0.29) is 5.82 Å². The third-order valence-electron chi connectivity index (χ3n) is 3.56. The molecule has 0 saturated heterocycles. The Hall–Kier alpha value is -3.14. The van der Waals surface area contributed by atoms with E-state index in [0.717, 1.165) is 22.7 Å². The molecule has 0 fully saturated rings. The zero-order valence-corrected chi connectivity index (χ0v) is 14.2. The number of nitrogens with zero attached hydrogens (tertiary/aromatic N) is 1. The van der Waals surface area contributed by atoms with E-state index in [2.05, 4.69) is 16.6 Å². The SMILES string of the molecule is Cc1cc(C)cc(Oc2ccc(C=NNc3ccc(F)cc3)cc2)c1. The first-order valence-corrected chi connectivity index (χ1v) is 7.99. The predicted molar refractivity (Wildman–Crippen MR) is 100 cm³/mol. The highest BCUT2D eigenvalue weighted by Crippen LogP contribution is 2.23. The standard InChI is InChI=1S/C21H19FN2O/c1-15-11-16(2)13-21(12-15)25-20-9-3-17(4-10-20)14-23-24-19-7-5-18(22)6-8-19/h3-14,24H,1-2H3. The van der Waals surface area contributed by atoms with Gasteiger partial charge in [-0.2, -0.15) is 5.10 Å². The lowest BCUT2D eigenvalue weighted by molar-refractivity contribution is 0.482. The smallest absolute Gasteiger partial charge is 0.127 e. The van der Waals surface area contributed by atoms with Crippen molar-refractivity contribution in [3.05, 3.63) is 89.2 Å². The summed E-state index contributed by atoms with van der Waals surface area (Å²) in [7, 11) is 0. The molecule has 4 heteroatoms. The van der Waals surface area contributed by atoms with Gasteiger partial charge in [0, 0.05) is 0 Å². The van der Waals surface area contributed by atoms with Gasteiger partial charge in [-0.05, 0) is 91.2 Å². The fourth-order valence-electron chi connectivity index (χ4n) is 2.46. The molecule has 0 aliphatic rings. The van der Waals surface area contributed by atoms with Crippen LogP contribution in [0, 0.1) is 19.7 Å². The van der Waals surface area contributed by atoms with Gasteiger partial charge in [0.2, 0.25) is 0 Å². The van der Waals surface area contributed by atoms with Gasteiger partial charge in [0.1, 0.15) is 17.3 Å². The third kappa shape index (κ3) is 4.91. The van der Waals surface area contributed by atoms with Crippen molar-refractivity contribution in [3.8, 4) is 11.5 Å². The number of hydrogen-bond donors (Lipinski definition) is 1. The molecule has 0 amide bonds. The number of rotatable bonds is 5. The summed E-state index contributed by atoms with van der Waals surface area (Å²) in [4.78, 5) is 0. The van der Waals surface area contributed by atoms with Crippen LogP contribution in [0.3, 0.4) is 0 Å². The molecule has 3 rings (SSSR count). The van der Waals surface area contributed by atoms with Gasteiger partial charge >= 0.3 is 0 Å². The molecule has 3 aromatic rings. The second-order valence-electron chi connectivity index (χ2n) is 5.87. The molecule has 0 aromatic heterocycles. The Labute approximate surface area is 146 Å². The minimum atomic E-state index is -0.270. The molecule has 0 atom stereocenters. The number of anilines is 1. The minimum Gasteiger partial charge on any atom is -0.457 e. The topological polar surface area (TPSA) is 33.6 Å². The lowest BCUT2D eigenvalue weighted by atomic mass is 10.1. The number of hydrazone groups is 1. The first-order valence-electron chi connectivity index (χ1n) is 7.99. The van der Waals surface area contributed by atoms with Crippen LogP contribution in [-0.4, -0.2) is 6.21 Å². The van der Waals surface area contributed by atoms with Gasteiger partial charge in [0.25, 0.3) is 0 Å². The molecule has 0 heterocycles. The summed E-state index contributed by atoms with van der Waals surface area (Å²) in [5, 5.41) is 4.14. The molecular weight excluding hydrogens is 315 g/mol. The molecule has 1 N–H and O–H groups in total. The fourth-order valence-corrected chi connectivity index (χ4v) is 2.46. The average Bonchev–Trinajstić information content (AvgIpc) is 2.57. The predicted octanol–water partition coefficient (Wildman–Crippen LogP) is 5.68. The van der Waals surface area contributed by atoms with E-state index in [4.69, 9.17) is 4.74 Å². The molecule has 0 saturated carbocycles. The minimum absolute atomic E-state index is 0.270. The average molecular weight is 334 g/mol. The maximum atomic E-state index is 12.8. The van der Waals surface area contributed by atoms with Crippen LogP contribution >= 0.6 is 0 Å². The van der Waals surface area contributed by atoms with Crippen molar-refractivity contribution in [2.45, 2.75) is 13.8 Å². The van der Waals surface area contributed by atoms with Crippen LogP contribution in [0.25, 0.3) is 0 Å². The quantitative estimate of drug-likeness (QED) is 0.481. The van der Waals surface area contributed by atoms with Crippen LogP contribution < -0.4 is 10.2 Å². The van der Waals surface area contributed by atoms with Gasteiger partial charge < -0.3 is 4.74 Å². The number of nitrogens with one attached hydrogen (secondary N) is 1. The van der Waals surface area contributed by atoms with Gasteiger partial charge in [-0.15, -0.1) is 0 Å². The van der Waals surface area contributed by atoms with Gasteiger partial charge in [0.05, 0.1) is 11.9 Å². The molecule has 126 valence electrons.